The molecule has 1 unspecified atom stereocenters. The van der Waals surface area contributed by atoms with Gasteiger partial charge in [-0.1, -0.05) is 42.0 Å². The van der Waals surface area contributed by atoms with Gasteiger partial charge in [-0.15, -0.1) is 11.8 Å². The molecule has 27 heavy (non-hydrogen) atoms. The summed E-state index contributed by atoms with van der Waals surface area (Å²) in [5, 5.41) is 10.1. The Balaban J connectivity index is 1.57. The second kappa shape index (κ2) is 7.48. The van der Waals surface area contributed by atoms with Crippen molar-refractivity contribution in [1.82, 2.24) is 10.2 Å². The zero-order valence-electron chi connectivity index (χ0n) is 15.3. The molecule has 3 aromatic rings. The number of nitrogens with one attached hydrogen (secondary N) is 2. The number of hydrogen-bond donors (Lipinski definition) is 2. The number of hydrogen-bond acceptors (Lipinski definition) is 4. The van der Waals surface area contributed by atoms with Crippen molar-refractivity contribution in [1.29, 1.82) is 0 Å². The number of aromatic nitrogens is 2. The van der Waals surface area contributed by atoms with Crippen molar-refractivity contribution >= 4 is 23.5 Å². The van der Waals surface area contributed by atoms with E-state index in [0.717, 1.165) is 28.1 Å². The predicted molar refractivity (Wildman–Crippen MR) is 108 cm³/mol. The zero-order valence-corrected chi connectivity index (χ0v) is 16.1. The molecule has 0 radical (unpaired) electrons. The second-order valence-corrected chi connectivity index (χ2v) is 7.79. The van der Waals surface area contributed by atoms with Gasteiger partial charge in [-0.3, -0.25) is 9.89 Å². The Kier molecular flexibility index (Phi) is 4.90. The Labute approximate surface area is 162 Å². The minimum atomic E-state index is -0.0259. The lowest BCUT2D eigenvalue weighted by molar-refractivity contribution is -0.113. The van der Waals surface area contributed by atoms with E-state index in [1.807, 2.05) is 19.1 Å². The summed E-state index contributed by atoms with van der Waals surface area (Å²) in [6.45, 7) is 4.58. The lowest BCUT2D eigenvalue weighted by atomic mass is 10.0. The maximum atomic E-state index is 12.0. The first-order chi connectivity index (χ1) is 13.1. The van der Waals surface area contributed by atoms with Gasteiger partial charge in [0.2, 0.25) is 5.91 Å². The van der Waals surface area contributed by atoms with Crippen LogP contribution in [0.15, 0.2) is 48.5 Å². The Hall–Kier alpha value is -2.73. The molecule has 0 saturated heterocycles. The number of anilines is 1. The number of carbonyl (C=O) groups is 1. The average molecular weight is 379 g/mol. The van der Waals surface area contributed by atoms with Crippen LogP contribution in [0.4, 0.5) is 5.82 Å². The first kappa shape index (κ1) is 17.7. The van der Waals surface area contributed by atoms with Crippen molar-refractivity contribution < 1.29 is 9.53 Å². The smallest absolute Gasteiger partial charge is 0.235 e. The van der Waals surface area contributed by atoms with Crippen LogP contribution in [0.3, 0.4) is 0 Å². The minimum absolute atomic E-state index is 0.0259. The largest absolute Gasteiger partial charge is 0.489 e. The number of H-pyrrole nitrogens is 1. The van der Waals surface area contributed by atoms with Gasteiger partial charge in [-0.05, 0) is 37.1 Å². The Morgan fingerprint density at radius 2 is 2.00 bits per heavy atom. The summed E-state index contributed by atoms with van der Waals surface area (Å²) in [5.74, 6) is 1.81. The Morgan fingerprint density at radius 1 is 1.19 bits per heavy atom. The molecule has 1 atom stereocenters. The van der Waals surface area contributed by atoms with Crippen LogP contribution >= 0.6 is 11.8 Å². The van der Waals surface area contributed by atoms with Gasteiger partial charge in [0, 0.05) is 11.3 Å². The normalized spacial score (nSPS) is 16.4. The number of aromatic amines is 1. The number of nitrogens with zero attached hydrogens (tertiary/aromatic N) is 1. The number of aryl methyl sites for hydroxylation is 2. The van der Waals surface area contributed by atoms with E-state index in [0.29, 0.717) is 18.2 Å². The molecule has 6 heteroatoms. The summed E-state index contributed by atoms with van der Waals surface area (Å²) in [5.41, 5.74) is 5.47. The van der Waals surface area contributed by atoms with Crippen LogP contribution in [0.5, 0.6) is 5.75 Å². The van der Waals surface area contributed by atoms with Crippen LogP contribution in [0.2, 0.25) is 0 Å². The van der Waals surface area contributed by atoms with Crippen molar-refractivity contribution in [2.75, 3.05) is 11.1 Å². The number of carbonyl (C=O) groups excluding carboxylic acids is 1. The molecule has 1 amide bonds. The molecular formula is C21H21N3O2S. The van der Waals surface area contributed by atoms with E-state index in [1.165, 1.54) is 5.56 Å². The van der Waals surface area contributed by atoms with Crippen LogP contribution in [0, 0.1) is 13.8 Å². The minimum Gasteiger partial charge on any atom is -0.489 e. The van der Waals surface area contributed by atoms with Gasteiger partial charge in [0.05, 0.1) is 11.0 Å². The summed E-state index contributed by atoms with van der Waals surface area (Å²) in [4.78, 5) is 12.0. The van der Waals surface area contributed by atoms with Gasteiger partial charge >= 0.3 is 0 Å². The van der Waals surface area contributed by atoms with Crippen LogP contribution in [0.1, 0.15) is 33.2 Å². The topological polar surface area (TPSA) is 67.0 Å². The van der Waals surface area contributed by atoms with Crippen LogP contribution in [0.25, 0.3) is 0 Å². The monoisotopic (exact) mass is 379 g/mol. The number of fused-ring (bicyclic) bond motifs is 1. The summed E-state index contributed by atoms with van der Waals surface area (Å²) < 4.78 is 6.00. The van der Waals surface area contributed by atoms with Gasteiger partial charge in [-0.2, -0.15) is 5.10 Å². The lowest BCUT2D eigenvalue weighted by Gasteiger charge is -2.16. The molecule has 0 spiro atoms. The van der Waals surface area contributed by atoms with Crippen molar-refractivity contribution in [3.63, 3.8) is 0 Å². The first-order valence-corrected chi connectivity index (χ1v) is 9.89. The van der Waals surface area contributed by atoms with Gasteiger partial charge in [-0.25, -0.2) is 0 Å². The number of ether oxygens (including phenoxy) is 1. The highest BCUT2D eigenvalue weighted by Crippen LogP contribution is 2.42. The van der Waals surface area contributed by atoms with Crippen molar-refractivity contribution in [2.45, 2.75) is 25.7 Å². The van der Waals surface area contributed by atoms with E-state index in [2.05, 4.69) is 58.8 Å². The molecule has 4 rings (SSSR count). The highest BCUT2D eigenvalue weighted by molar-refractivity contribution is 8.00. The molecule has 1 aromatic heterocycles. The average Bonchev–Trinajstić information content (AvgIpc) is 2.93. The van der Waals surface area contributed by atoms with Gasteiger partial charge in [0.25, 0.3) is 0 Å². The van der Waals surface area contributed by atoms with E-state index in [-0.39, 0.29) is 11.2 Å². The van der Waals surface area contributed by atoms with Crippen LogP contribution in [-0.4, -0.2) is 21.9 Å². The van der Waals surface area contributed by atoms with E-state index in [4.69, 9.17) is 4.74 Å². The zero-order chi connectivity index (χ0) is 18.8. The molecule has 138 valence electrons. The fraction of sp³-hybridized carbons (Fsp3) is 0.238. The summed E-state index contributed by atoms with van der Waals surface area (Å²) in [6.07, 6.45) is 0. The second-order valence-electron chi connectivity index (χ2n) is 6.70. The fourth-order valence-corrected chi connectivity index (χ4v) is 4.33. The summed E-state index contributed by atoms with van der Waals surface area (Å²) >= 11 is 1.60. The molecule has 5 nitrogen and oxygen atoms in total. The summed E-state index contributed by atoms with van der Waals surface area (Å²) in [7, 11) is 0. The number of rotatable bonds is 4. The SMILES string of the molecule is Cc1ccc(COc2cccc(C3SCC(=O)Nc4n[nH]c(C)c43)c2)cc1. The first-order valence-electron chi connectivity index (χ1n) is 8.85. The third kappa shape index (κ3) is 3.85. The van der Waals surface area contributed by atoms with Crippen molar-refractivity contribution in [3.05, 3.63) is 76.5 Å². The van der Waals surface area contributed by atoms with Gasteiger partial charge in [0.15, 0.2) is 5.82 Å². The highest BCUT2D eigenvalue weighted by Gasteiger charge is 2.28. The molecule has 0 saturated carbocycles. The molecule has 0 fully saturated rings. The Bertz CT molecular complexity index is 966. The van der Waals surface area contributed by atoms with E-state index in [1.54, 1.807) is 11.8 Å². The number of benzene rings is 2. The molecule has 1 aliphatic heterocycles. The molecule has 2 aromatic carbocycles. The predicted octanol–water partition coefficient (Wildman–Crippen LogP) is 4.38. The number of amides is 1. The third-order valence-corrected chi connectivity index (χ3v) is 5.85. The lowest BCUT2D eigenvalue weighted by Crippen LogP contribution is -2.12. The van der Waals surface area contributed by atoms with E-state index < -0.39 is 0 Å². The van der Waals surface area contributed by atoms with Gasteiger partial charge < -0.3 is 10.1 Å². The van der Waals surface area contributed by atoms with Crippen molar-refractivity contribution in [2.24, 2.45) is 0 Å². The van der Waals surface area contributed by atoms with E-state index >= 15 is 0 Å². The van der Waals surface area contributed by atoms with Gasteiger partial charge in [0.1, 0.15) is 12.4 Å². The summed E-state index contributed by atoms with van der Waals surface area (Å²) in [6, 6.07) is 16.4. The third-order valence-electron chi connectivity index (χ3n) is 4.58. The maximum Gasteiger partial charge on any atom is 0.235 e. The van der Waals surface area contributed by atoms with Crippen LogP contribution < -0.4 is 10.1 Å². The molecule has 2 heterocycles. The van der Waals surface area contributed by atoms with E-state index in [9.17, 15) is 4.79 Å². The molecule has 2 N–H and O–H groups in total. The Morgan fingerprint density at radius 3 is 2.81 bits per heavy atom. The highest BCUT2D eigenvalue weighted by atomic mass is 32.2. The van der Waals surface area contributed by atoms with Crippen LogP contribution in [-0.2, 0) is 11.4 Å². The standard InChI is InChI=1S/C21H21N3O2S/c1-13-6-8-15(9-7-13)11-26-17-5-3-4-16(10-17)20-19-14(2)23-24-21(19)22-18(25)12-27-20/h3-10,20H,11-12H2,1-2H3,(H2,22,23,24,25). The maximum absolute atomic E-state index is 12.0. The number of thioether (sulfide) groups is 1. The molecule has 0 bridgehead atoms. The molecule has 1 aliphatic rings. The quantitative estimate of drug-likeness (QED) is 0.706. The fourth-order valence-electron chi connectivity index (χ4n) is 3.15. The molecule has 0 aliphatic carbocycles. The molecular weight excluding hydrogens is 358 g/mol. The van der Waals surface area contributed by atoms with Crippen molar-refractivity contribution in [3.8, 4) is 5.75 Å².